The Morgan fingerprint density at radius 1 is 1.27 bits per heavy atom. The highest BCUT2D eigenvalue weighted by Gasteiger charge is 2.09. The predicted octanol–water partition coefficient (Wildman–Crippen LogP) is 2.97. The lowest BCUT2D eigenvalue weighted by atomic mass is 10.2. The molecule has 0 aliphatic carbocycles. The van der Waals surface area contributed by atoms with E-state index in [4.69, 9.17) is 4.74 Å². The Hall–Kier alpha value is -1.03. The standard InChI is InChI=1S/C18H31N3O3S.HI/c1-6-19-18(21-15(4)10-11-25(5,22)23)20-13-16-8-7-9-17(12-16)24-14(2)3;/h7-9,12,14-15H,6,10-11,13H2,1-5H3,(H2,19,20,21);1H. The van der Waals surface area contributed by atoms with Crippen molar-refractivity contribution in [2.75, 3.05) is 18.6 Å². The van der Waals surface area contributed by atoms with Gasteiger partial charge in [0.1, 0.15) is 15.6 Å². The fourth-order valence-electron chi connectivity index (χ4n) is 2.18. The van der Waals surface area contributed by atoms with E-state index in [9.17, 15) is 8.42 Å². The van der Waals surface area contributed by atoms with Gasteiger partial charge in [0, 0.05) is 18.8 Å². The molecule has 150 valence electrons. The van der Waals surface area contributed by atoms with Crippen LogP contribution in [0.25, 0.3) is 0 Å². The topological polar surface area (TPSA) is 79.8 Å². The van der Waals surface area contributed by atoms with Crippen molar-refractivity contribution < 1.29 is 13.2 Å². The van der Waals surface area contributed by atoms with Crippen LogP contribution in [0.15, 0.2) is 29.3 Å². The summed E-state index contributed by atoms with van der Waals surface area (Å²) in [5.41, 5.74) is 1.05. The first-order valence-electron chi connectivity index (χ1n) is 8.67. The van der Waals surface area contributed by atoms with Crippen molar-refractivity contribution >= 4 is 39.8 Å². The molecule has 0 aliphatic rings. The van der Waals surface area contributed by atoms with E-state index < -0.39 is 9.84 Å². The molecule has 0 bridgehead atoms. The lowest BCUT2D eigenvalue weighted by molar-refractivity contribution is 0.242. The van der Waals surface area contributed by atoms with Gasteiger partial charge in [-0.05, 0) is 51.8 Å². The van der Waals surface area contributed by atoms with Crippen molar-refractivity contribution in [1.29, 1.82) is 0 Å². The smallest absolute Gasteiger partial charge is 0.191 e. The Balaban J connectivity index is 0.00000625. The molecule has 8 heteroatoms. The third kappa shape index (κ3) is 11.6. The zero-order chi connectivity index (χ0) is 18.9. The average Bonchev–Trinajstić information content (AvgIpc) is 2.50. The second-order valence-corrected chi connectivity index (χ2v) is 8.73. The first-order valence-corrected chi connectivity index (χ1v) is 10.7. The van der Waals surface area contributed by atoms with E-state index >= 15 is 0 Å². The lowest BCUT2D eigenvalue weighted by Gasteiger charge is -2.17. The quantitative estimate of drug-likeness (QED) is 0.312. The second kappa shape index (κ2) is 12.4. The zero-order valence-electron chi connectivity index (χ0n) is 16.3. The number of nitrogens with zero attached hydrogens (tertiary/aromatic N) is 1. The van der Waals surface area contributed by atoms with E-state index in [0.717, 1.165) is 17.9 Å². The largest absolute Gasteiger partial charge is 0.491 e. The summed E-state index contributed by atoms with van der Waals surface area (Å²) < 4.78 is 28.3. The number of sulfone groups is 1. The van der Waals surface area contributed by atoms with E-state index in [1.807, 2.05) is 52.0 Å². The molecule has 0 amide bonds. The summed E-state index contributed by atoms with van der Waals surface area (Å²) >= 11 is 0. The summed E-state index contributed by atoms with van der Waals surface area (Å²) in [5, 5.41) is 6.44. The summed E-state index contributed by atoms with van der Waals surface area (Å²) in [6, 6.07) is 7.90. The van der Waals surface area contributed by atoms with E-state index in [0.29, 0.717) is 18.9 Å². The number of benzene rings is 1. The number of nitrogens with one attached hydrogen (secondary N) is 2. The predicted molar refractivity (Wildman–Crippen MR) is 119 cm³/mol. The monoisotopic (exact) mass is 497 g/mol. The SMILES string of the molecule is CCNC(=NCc1cccc(OC(C)C)c1)NC(C)CCS(C)(=O)=O.I. The Labute approximate surface area is 175 Å². The molecular weight excluding hydrogens is 465 g/mol. The number of ether oxygens (including phenoxy) is 1. The van der Waals surface area contributed by atoms with Crippen molar-refractivity contribution in [2.45, 2.75) is 52.8 Å². The second-order valence-electron chi connectivity index (χ2n) is 6.47. The zero-order valence-corrected chi connectivity index (χ0v) is 19.4. The van der Waals surface area contributed by atoms with Crippen molar-refractivity contribution in [3.8, 4) is 5.75 Å². The van der Waals surface area contributed by atoms with Crippen LogP contribution in [0.4, 0.5) is 0 Å². The lowest BCUT2D eigenvalue weighted by Crippen LogP contribution is -2.42. The molecule has 0 spiro atoms. The van der Waals surface area contributed by atoms with Crippen LogP contribution in [0, 0.1) is 0 Å². The van der Waals surface area contributed by atoms with Gasteiger partial charge in [-0.15, -0.1) is 24.0 Å². The minimum absolute atomic E-state index is 0. The molecule has 0 aliphatic heterocycles. The molecule has 0 aromatic heterocycles. The van der Waals surface area contributed by atoms with Crippen molar-refractivity contribution in [2.24, 2.45) is 4.99 Å². The van der Waals surface area contributed by atoms with Crippen LogP contribution in [0.5, 0.6) is 5.75 Å². The third-order valence-corrected chi connectivity index (χ3v) is 4.32. The summed E-state index contributed by atoms with van der Waals surface area (Å²) in [6.07, 6.45) is 1.93. The van der Waals surface area contributed by atoms with Crippen LogP contribution in [0.1, 0.15) is 39.7 Å². The number of aliphatic imine (C=N–C) groups is 1. The molecule has 0 saturated heterocycles. The van der Waals surface area contributed by atoms with Gasteiger partial charge in [0.25, 0.3) is 0 Å². The van der Waals surface area contributed by atoms with Crippen LogP contribution in [0.2, 0.25) is 0 Å². The Bertz CT molecular complexity index is 663. The Morgan fingerprint density at radius 2 is 1.96 bits per heavy atom. The molecule has 0 heterocycles. The van der Waals surface area contributed by atoms with E-state index in [1.54, 1.807) is 0 Å². The highest BCUT2D eigenvalue weighted by Crippen LogP contribution is 2.15. The number of rotatable bonds is 9. The molecular formula is C18H32IN3O3S. The minimum atomic E-state index is -2.95. The molecule has 1 rings (SSSR count). The van der Waals surface area contributed by atoms with Gasteiger partial charge in [-0.1, -0.05) is 12.1 Å². The molecule has 0 radical (unpaired) electrons. The van der Waals surface area contributed by atoms with Crippen LogP contribution >= 0.6 is 24.0 Å². The van der Waals surface area contributed by atoms with Crippen LogP contribution < -0.4 is 15.4 Å². The van der Waals surface area contributed by atoms with Gasteiger partial charge in [-0.2, -0.15) is 0 Å². The molecule has 1 atom stereocenters. The number of hydrogen-bond donors (Lipinski definition) is 2. The van der Waals surface area contributed by atoms with Crippen molar-refractivity contribution in [3.63, 3.8) is 0 Å². The summed E-state index contributed by atoms with van der Waals surface area (Å²) in [6.45, 7) is 9.20. The Morgan fingerprint density at radius 3 is 2.54 bits per heavy atom. The van der Waals surface area contributed by atoms with Gasteiger partial charge >= 0.3 is 0 Å². The summed E-state index contributed by atoms with van der Waals surface area (Å²) in [7, 11) is -2.95. The normalized spacial score (nSPS) is 13.1. The molecule has 1 aromatic carbocycles. The van der Waals surface area contributed by atoms with Gasteiger partial charge in [-0.25, -0.2) is 13.4 Å². The maximum Gasteiger partial charge on any atom is 0.191 e. The molecule has 1 unspecified atom stereocenters. The number of guanidine groups is 1. The van der Waals surface area contributed by atoms with Crippen molar-refractivity contribution in [3.05, 3.63) is 29.8 Å². The fraction of sp³-hybridized carbons (Fsp3) is 0.611. The molecule has 26 heavy (non-hydrogen) atoms. The van der Waals surface area contributed by atoms with Gasteiger partial charge in [0.15, 0.2) is 5.96 Å². The maximum atomic E-state index is 11.3. The number of halogens is 1. The highest BCUT2D eigenvalue weighted by molar-refractivity contribution is 14.0. The Kier molecular flexibility index (Phi) is 11.9. The van der Waals surface area contributed by atoms with E-state index in [1.165, 1.54) is 6.26 Å². The van der Waals surface area contributed by atoms with Crippen LogP contribution in [-0.4, -0.2) is 45.1 Å². The van der Waals surface area contributed by atoms with Gasteiger partial charge in [0.2, 0.25) is 0 Å². The van der Waals surface area contributed by atoms with Gasteiger partial charge in [-0.3, -0.25) is 0 Å². The van der Waals surface area contributed by atoms with Crippen LogP contribution in [-0.2, 0) is 16.4 Å². The fourth-order valence-corrected chi connectivity index (χ4v) is 2.96. The van der Waals surface area contributed by atoms with Crippen molar-refractivity contribution in [1.82, 2.24) is 10.6 Å². The molecule has 2 N–H and O–H groups in total. The third-order valence-electron chi connectivity index (χ3n) is 3.34. The molecule has 1 aromatic rings. The van der Waals surface area contributed by atoms with E-state index in [-0.39, 0.29) is 41.9 Å². The summed E-state index contributed by atoms with van der Waals surface area (Å²) in [5.74, 6) is 1.68. The molecule has 0 fully saturated rings. The average molecular weight is 497 g/mol. The first-order chi connectivity index (χ1) is 11.7. The van der Waals surface area contributed by atoms with E-state index in [2.05, 4.69) is 15.6 Å². The first kappa shape index (κ1) is 25.0. The highest BCUT2D eigenvalue weighted by atomic mass is 127. The molecule has 0 saturated carbocycles. The minimum Gasteiger partial charge on any atom is -0.491 e. The summed E-state index contributed by atoms with van der Waals surface area (Å²) in [4.78, 5) is 4.58. The van der Waals surface area contributed by atoms with Gasteiger partial charge < -0.3 is 15.4 Å². The van der Waals surface area contributed by atoms with Crippen LogP contribution in [0.3, 0.4) is 0 Å². The molecule has 6 nitrogen and oxygen atoms in total. The maximum absolute atomic E-state index is 11.3. The van der Waals surface area contributed by atoms with Gasteiger partial charge in [0.05, 0.1) is 18.4 Å². The number of hydrogen-bond acceptors (Lipinski definition) is 4.